The van der Waals surface area contributed by atoms with Crippen LogP contribution in [-0.2, 0) is 22.3 Å². The van der Waals surface area contributed by atoms with Crippen LogP contribution in [0, 0.1) is 0 Å². The number of rotatable bonds is 4. The number of benzene rings is 1. The van der Waals surface area contributed by atoms with Crippen molar-refractivity contribution in [2.75, 3.05) is 11.1 Å². The molecule has 1 aromatic carbocycles. The predicted octanol–water partition coefficient (Wildman–Crippen LogP) is 3.08. The standard InChI is InChI=1S/C20H19F3N6O2/c21-20(22,23)12-6-4-11(5-7-12)10-29(13-2-1-3-13)19(31)18(30)27-15-9-25-17(24)14-8-26-28-16(14)15/h4-9,13H,1-3,10H2,(H2,24,25)(H,26,28)(H,27,30). The van der Waals surface area contributed by atoms with E-state index in [-0.39, 0.29) is 24.1 Å². The predicted molar refractivity (Wildman–Crippen MR) is 107 cm³/mol. The second kappa shape index (κ2) is 7.89. The zero-order chi connectivity index (χ0) is 22.2. The molecule has 2 aromatic heterocycles. The largest absolute Gasteiger partial charge is 0.416 e. The van der Waals surface area contributed by atoms with Gasteiger partial charge in [0.25, 0.3) is 0 Å². The number of carbonyl (C=O) groups is 2. The highest BCUT2D eigenvalue weighted by molar-refractivity contribution is 6.40. The van der Waals surface area contributed by atoms with Gasteiger partial charge in [-0.3, -0.25) is 14.7 Å². The molecule has 2 heterocycles. The summed E-state index contributed by atoms with van der Waals surface area (Å²) >= 11 is 0. The van der Waals surface area contributed by atoms with Crippen LogP contribution in [0.3, 0.4) is 0 Å². The molecule has 0 aliphatic heterocycles. The number of alkyl halides is 3. The molecule has 0 saturated heterocycles. The first kappa shape index (κ1) is 20.6. The highest BCUT2D eigenvalue weighted by atomic mass is 19.4. The molecule has 4 N–H and O–H groups in total. The Morgan fingerprint density at radius 1 is 1.19 bits per heavy atom. The number of pyridine rings is 1. The molecule has 1 aliphatic carbocycles. The highest BCUT2D eigenvalue weighted by Crippen LogP contribution is 2.31. The van der Waals surface area contributed by atoms with Gasteiger partial charge in [0.2, 0.25) is 0 Å². The maximum absolute atomic E-state index is 12.9. The van der Waals surface area contributed by atoms with Crippen LogP contribution in [-0.4, -0.2) is 37.9 Å². The van der Waals surface area contributed by atoms with Gasteiger partial charge in [-0.2, -0.15) is 18.3 Å². The number of halogens is 3. The fraction of sp³-hybridized carbons (Fsp3) is 0.300. The van der Waals surface area contributed by atoms with Gasteiger partial charge in [0.15, 0.2) is 0 Å². The van der Waals surface area contributed by atoms with E-state index in [2.05, 4.69) is 20.5 Å². The number of hydrogen-bond donors (Lipinski definition) is 3. The van der Waals surface area contributed by atoms with Crippen LogP contribution < -0.4 is 11.1 Å². The van der Waals surface area contributed by atoms with Gasteiger partial charge < -0.3 is 16.0 Å². The lowest BCUT2D eigenvalue weighted by Crippen LogP contribution is -2.48. The summed E-state index contributed by atoms with van der Waals surface area (Å²) in [5, 5.41) is 9.61. The highest BCUT2D eigenvalue weighted by Gasteiger charge is 2.33. The van der Waals surface area contributed by atoms with Crippen molar-refractivity contribution in [1.82, 2.24) is 20.1 Å². The Kier molecular flexibility index (Phi) is 5.25. The molecule has 0 atom stereocenters. The molecule has 1 fully saturated rings. The maximum Gasteiger partial charge on any atom is 0.416 e. The molecule has 0 unspecified atom stereocenters. The first-order chi connectivity index (χ1) is 14.7. The van der Waals surface area contributed by atoms with Gasteiger partial charge in [0.1, 0.15) is 5.82 Å². The molecule has 31 heavy (non-hydrogen) atoms. The number of amides is 2. The number of H-pyrrole nitrogens is 1. The fourth-order valence-corrected chi connectivity index (χ4v) is 3.42. The van der Waals surface area contributed by atoms with Crippen molar-refractivity contribution in [1.29, 1.82) is 0 Å². The Balaban J connectivity index is 1.52. The lowest BCUT2D eigenvalue weighted by atomic mass is 9.91. The van der Waals surface area contributed by atoms with Crippen LogP contribution >= 0.6 is 0 Å². The van der Waals surface area contributed by atoms with Crippen molar-refractivity contribution >= 4 is 34.2 Å². The molecule has 0 spiro atoms. The molecule has 0 radical (unpaired) electrons. The van der Waals surface area contributed by atoms with Crippen molar-refractivity contribution in [3.8, 4) is 0 Å². The number of nitrogens with two attached hydrogens (primary N) is 1. The third-order valence-electron chi connectivity index (χ3n) is 5.37. The van der Waals surface area contributed by atoms with Crippen LogP contribution in [0.15, 0.2) is 36.7 Å². The number of carbonyl (C=O) groups excluding carboxylic acids is 2. The van der Waals surface area contributed by atoms with E-state index in [1.165, 1.54) is 29.4 Å². The molecule has 11 heteroatoms. The quantitative estimate of drug-likeness (QED) is 0.548. The van der Waals surface area contributed by atoms with E-state index in [4.69, 9.17) is 5.73 Å². The number of fused-ring (bicyclic) bond motifs is 1. The van der Waals surface area contributed by atoms with Crippen molar-refractivity contribution in [2.45, 2.75) is 38.0 Å². The van der Waals surface area contributed by atoms with Crippen LogP contribution in [0.5, 0.6) is 0 Å². The zero-order valence-electron chi connectivity index (χ0n) is 16.2. The van der Waals surface area contributed by atoms with Gasteiger partial charge >= 0.3 is 18.0 Å². The summed E-state index contributed by atoms with van der Waals surface area (Å²) < 4.78 is 38.4. The van der Waals surface area contributed by atoms with Gasteiger partial charge in [-0.1, -0.05) is 12.1 Å². The van der Waals surface area contributed by atoms with Crippen LogP contribution in [0.25, 0.3) is 10.9 Å². The van der Waals surface area contributed by atoms with E-state index in [0.717, 1.165) is 31.4 Å². The second-order valence-electron chi connectivity index (χ2n) is 7.38. The summed E-state index contributed by atoms with van der Waals surface area (Å²) in [6.45, 7) is 0.0362. The van der Waals surface area contributed by atoms with E-state index in [1.54, 1.807) is 0 Å². The molecule has 4 rings (SSSR count). The van der Waals surface area contributed by atoms with Crippen molar-refractivity contribution in [3.05, 3.63) is 47.8 Å². The Labute approximate surface area is 174 Å². The molecule has 2 amide bonds. The maximum atomic E-state index is 12.9. The number of nitrogen functional groups attached to an aromatic ring is 1. The molecule has 1 saturated carbocycles. The topological polar surface area (TPSA) is 117 Å². The Bertz CT molecular complexity index is 1120. The molecular weight excluding hydrogens is 413 g/mol. The number of nitrogens with zero attached hydrogens (tertiary/aromatic N) is 3. The van der Waals surface area contributed by atoms with Crippen molar-refractivity contribution in [3.63, 3.8) is 0 Å². The van der Waals surface area contributed by atoms with Crippen molar-refractivity contribution in [2.24, 2.45) is 0 Å². The fourth-order valence-electron chi connectivity index (χ4n) is 3.42. The minimum atomic E-state index is -4.44. The normalized spacial score (nSPS) is 14.3. The summed E-state index contributed by atoms with van der Waals surface area (Å²) in [5.74, 6) is -1.41. The van der Waals surface area contributed by atoms with Crippen LogP contribution in [0.2, 0.25) is 0 Å². The summed E-state index contributed by atoms with van der Waals surface area (Å²) in [7, 11) is 0. The third-order valence-corrected chi connectivity index (χ3v) is 5.37. The van der Waals surface area contributed by atoms with Gasteiger partial charge in [0, 0.05) is 12.6 Å². The lowest BCUT2D eigenvalue weighted by molar-refractivity contribution is -0.146. The summed E-state index contributed by atoms with van der Waals surface area (Å²) in [6, 6.07) is 4.43. The summed E-state index contributed by atoms with van der Waals surface area (Å²) in [4.78, 5) is 31.0. The lowest BCUT2D eigenvalue weighted by Gasteiger charge is -2.37. The van der Waals surface area contributed by atoms with E-state index < -0.39 is 23.6 Å². The van der Waals surface area contributed by atoms with Gasteiger partial charge in [-0.25, -0.2) is 4.98 Å². The average Bonchev–Trinajstić information content (AvgIpc) is 3.18. The SMILES string of the molecule is Nc1ncc(NC(=O)C(=O)N(Cc2ccc(C(F)(F)F)cc2)C2CCC2)c2[nH]ncc12. The minimum Gasteiger partial charge on any atom is -0.383 e. The smallest absolute Gasteiger partial charge is 0.383 e. The van der Waals surface area contributed by atoms with Gasteiger partial charge in [-0.15, -0.1) is 0 Å². The van der Waals surface area contributed by atoms with Crippen LogP contribution in [0.4, 0.5) is 24.7 Å². The summed E-state index contributed by atoms with van der Waals surface area (Å²) in [6.07, 6.45) is 0.722. The Hall–Kier alpha value is -3.63. The van der Waals surface area contributed by atoms with E-state index >= 15 is 0 Å². The monoisotopic (exact) mass is 432 g/mol. The third kappa shape index (κ3) is 4.16. The number of anilines is 2. The number of hydrogen-bond acceptors (Lipinski definition) is 5. The molecule has 1 aliphatic rings. The molecule has 8 nitrogen and oxygen atoms in total. The number of nitrogens with one attached hydrogen (secondary N) is 2. The molecule has 0 bridgehead atoms. The van der Waals surface area contributed by atoms with Crippen molar-refractivity contribution < 1.29 is 22.8 Å². The first-order valence-electron chi connectivity index (χ1n) is 9.59. The zero-order valence-corrected chi connectivity index (χ0v) is 16.2. The van der Waals surface area contributed by atoms with Gasteiger partial charge in [0.05, 0.1) is 34.5 Å². The molecule has 3 aromatic rings. The van der Waals surface area contributed by atoms with Gasteiger partial charge in [-0.05, 0) is 37.0 Å². The Morgan fingerprint density at radius 2 is 1.90 bits per heavy atom. The molecular formula is C20H19F3N6O2. The number of aromatic amines is 1. The van der Waals surface area contributed by atoms with E-state index in [1.807, 2.05) is 0 Å². The summed E-state index contributed by atoms with van der Waals surface area (Å²) in [5.41, 5.74) is 6.19. The van der Waals surface area contributed by atoms with Crippen LogP contribution in [0.1, 0.15) is 30.4 Å². The molecule has 162 valence electrons. The minimum absolute atomic E-state index is 0.0362. The Morgan fingerprint density at radius 3 is 2.52 bits per heavy atom. The van der Waals surface area contributed by atoms with E-state index in [0.29, 0.717) is 16.5 Å². The number of aromatic nitrogens is 3. The average molecular weight is 432 g/mol. The first-order valence-corrected chi connectivity index (χ1v) is 9.59. The van der Waals surface area contributed by atoms with E-state index in [9.17, 15) is 22.8 Å². The second-order valence-corrected chi connectivity index (χ2v) is 7.38.